The molecule has 0 radical (unpaired) electrons. The van der Waals surface area contributed by atoms with E-state index in [0.29, 0.717) is 12.1 Å². The first-order chi connectivity index (χ1) is 6.66. The van der Waals surface area contributed by atoms with Crippen molar-refractivity contribution in [3.63, 3.8) is 0 Å². The van der Waals surface area contributed by atoms with Crippen LogP contribution in [-0.2, 0) is 0 Å². The molecule has 1 aliphatic heterocycles. The van der Waals surface area contributed by atoms with Gasteiger partial charge in [0.15, 0.2) is 0 Å². The normalized spacial score (nSPS) is 20.4. The molecule has 0 spiro atoms. The number of aryl methyl sites for hydroxylation is 1. The predicted molar refractivity (Wildman–Crippen MR) is 50.4 cm³/mol. The summed E-state index contributed by atoms with van der Waals surface area (Å²) in [4.78, 5) is 10.9. The molecule has 14 heavy (non-hydrogen) atoms. The summed E-state index contributed by atoms with van der Waals surface area (Å²) in [5, 5.41) is 5.23. The maximum Gasteiger partial charge on any atom is 0.315 e. The van der Waals surface area contributed by atoms with Crippen LogP contribution in [0.25, 0.3) is 0 Å². The van der Waals surface area contributed by atoms with Crippen molar-refractivity contribution in [1.82, 2.24) is 10.6 Å². The average Bonchev–Trinajstić information content (AvgIpc) is 2.51. The van der Waals surface area contributed by atoms with Gasteiger partial charge >= 0.3 is 6.03 Å². The molecule has 74 valence electrons. The van der Waals surface area contributed by atoms with Gasteiger partial charge in [-0.05, 0) is 18.6 Å². The van der Waals surface area contributed by atoms with E-state index >= 15 is 0 Å². The van der Waals surface area contributed by atoms with Crippen LogP contribution in [0.1, 0.15) is 17.2 Å². The Bertz CT molecular complexity index is 378. The fourth-order valence-electron chi connectivity index (χ4n) is 1.56. The lowest BCUT2D eigenvalue weighted by Gasteiger charge is -2.10. The molecular formula is C10H11FN2O. The first kappa shape index (κ1) is 8.99. The van der Waals surface area contributed by atoms with Crippen molar-refractivity contribution in [1.29, 1.82) is 0 Å². The highest BCUT2D eigenvalue weighted by Gasteiger charge is 2.23. The summed E-state index contributed by atoms with van der Waals surface area (Å²) < 4.78 is 13.5. The van der Waals surface area contributed by atoms with Crippen molar-refractivity contribution >= 4 is 6.03 Å². The molecule has 1 atom stereocenters. The van der Waals surface area contributed by atoms with Crippen LogP contribution in [0.15, 0.2) is 18.2 Å². The highest BCUT2D eigenvalue weighted by Crippen LogP contribution is 2.19. The van der Waals surface area contributed by atoms with Gasteiger partial charge in [0.2, 0.25) is 0 Å². The summed E-state index contributed by atoms with van der Waals surface area (Å²) in [5.41, 5.74) is 1.41. The van der Waals surface area contributed by atoms with Crippen LogP contribution < -0.4 is 10.6 Å². The van der Waals surface area contributed by atoms with Crippen molar-refractivity contribution in [2.75, 3.05) is 6.54 Å². The standard InChI is InChI=1S/C10H11FN2O/c1-6-2-3-7(8(11)4-6)9-5-12-10(14)13-9/h2-4,9H,5H2,1H3,(H2,12,13,14). The number of halogens is 1. The van der Waals surface area contributed by atoms with Crippen molar-refractivity contribution in [2.45, 2.75) is 13.0 Å². The Morgan fingerprint density at radius 2 is 2.29 bits per heavy atom. The minimum Gasteiger partial charge on any atom is -0.336 e. The molecule has 1 aromatic carbocycles. The lowest BCUT2D eigenvalue weighted by molar-refractivity contribution is 0.247. The highest BCUT2D eigenvalue weighted by molar-refractivity contribution is 5.76. The SMILES string of the molecule is Cc1ccc(C2CNC(=O)N2)c(F)c1. The Balaban J connectivity index is 2.28. The molecule has 1 fully saturated rings. The number of hydrogen-bond acceptors (Lipinski definition) is 1. The summed E-state index contributed by atoms with van der Waals surface area (Å²) >= 11 is 0. The number of hydrogen-bond donors (Lipinski definition) is 2. The van der Waals surface area contributed by atoms with Gasteiger partial charge in [-0.1, -0.05) is 12.1 Å². The third-order valence-electron chi connectivity index (χ3n) is 2.30. The molecular weight excluding hydrogens is 183 g/mol. The Labute approximate surface area is 81.3 Å². The van der Waals surface area contributed by atoms with Crippen molar-refractivity contribution in [3.8, 4) is 0 Å². The summed E-state index contributed by atoms with van der Waals surface area (Å²) in [7, 11) is 0. The molecule has 0 aromatic heterocycles. The second kappa shape index (κ2) is 3.29. The van der Waals surface area contributed by atoms with Crippen LogP contribution in [0.4, 0.5) is 9.18 Å². The van der Waals surface area contributed by atoms with Gasteiger partial charge in [0.1, 0.15) is 5.82 Å². The first-order valence-electron chi connectivity index (χ1n) is 4.47. The van der Waals surface area contributed by atoms with Gasteiger partial charge in [0.05, 0.1) is 6.04 Å². The number of amides is 2. The van der Waals surface area contributed by atoms with Gasteiger partial charge in [-0.3, -0.25) is 0 Å². The maximum absolute atomic E-state index is 13.5. The predicted octanol–water partition coefficient (Wildman–Crippen LogP) is 1.49. The molecule has 2 rings (SSSR count). The Morgan fingerprint density at radius 1 is 1.50 bits per heavy atom. The number of rotatable bonds is 1. The van der Waals surface area contributed by atoms with Crippen LogP contribution in [0.3, 0.4) is 0 Å². The zero-order valence-corrected chi connectivity index (χ0v) is 7.80. The fraction of sp³-hybridized carbons (Fsp3) is 0.300. The van der Waals surface area contributed by atoms with Gasteiger partial charge in [-0.15, -0.1) is 0 Å². The number of urea groups is 1. The van der Waals surface area contributed by atoms with E-state index < -0.39 is 0 Å². The second-order valence-electron chi connectivity index (χ2n) is 3.43. The molecule has 1 saturated heterocycles. The molecule has 0 aliphatic carbocycles. The van der Waals surface area contributed by atoms with Gasteiger partial charge in [0, 0.05) is 12.1 Å². The van der Waals surface area contributed by atoms with E-state index in [1.54, 1.807) is 6.07 Å². The van der Waals surface area contributed by atoms with E-state index in [2.05, 4.69) is 10.6 Å². The van der Waals surface area contributed by atoms with E-state index in [-0.39, 0.29) is 17.9 Å². The molecule has 1 aliphatic rings. The molecule has 1 unspecified atom stereocenters. The number of nitrogens with one attached hydrogen (secondary N) is 2. The van der Waals surface area contributed by atoms with E-state index in [0.717, 1.165) is 5.56 Å². The molecule has 1 aromatic rings. The molecule has 3 nitrogen and oxygen atoms in total. The highest BCUT2D eigenvalue weighted by atomic mass is 19.1. The van der Waals surface area contributed by atoms with Crippen molar-refractivity contribution in [3.05, 3.63) is 35.1 Å². The van der Waals surface area contributed by atoms with Crippen molar-refractivity contribution < 1.29 is 9.18 Å². The minimum absolute atomic E-state index is 0.241. The first-order valence-corrected chi connectivity index (χ1v) is 4.47. The summed E-state index contributed by atoms with van der Waals surface area (Å²) in [6.07, 6.45) is 0. The smallest absolute Gasteiger partial charge is 0.315 e. The quantitative estimate of drug-likeness (QED) is 0.698. The summed E-state index contributed by atoms with van der Waals surface area (Å²) in [5.74, 6) is -0.265. The summed E-state index contributed by atoms with van der Waals surface area (Å²) in [6, 6.07) is 4.53. The minimum atomic E-state index is -0.265. The number of benzene rings is 1. The van der Waals surface area contributed by atoms with Crippen LogP contribution in [0.5, 0.6) is 0 Å². The monoisotopic (exact) mass is 194 g/mol. The van der Waals surface area contributed by atoms with Crippen LogP contribution in [0.2, 0.25) is 0 Å². The lowest BCUT2D eigenvalue weighted by Crippen LogP contribution is -2.22. The Morgan fingerprint density at radius 3 is 2.86 bits per heavy atom. The molecule has 2 amide bonds. The van der Waals surface area contributed by atoms with Crippen LogP contribution >= 0.6 is 0 Å². The zero-order valence-electron chi connectivity index (χ0n) is 7.80. The van der Waals surface area contributed by atoms with Gasteiger partial charge in [0.25, 0.3) is 0 Å². The third kappa shape index (κ3) is 1.55. The zero-order chi connectivity index (χ0) is 10.1. The maximum atomic E-state index is 13.5. The van der Waals surface area contributed by atoms with E-state index in [1.807, 2.05) is 13.0 Å². The topological polar surface area (TPSA) is 41.1 Å². The van der Waals surface area contributed by atoms with Crippen LogP contribution in [-0.4, -0.2) is 12.6 Å². The van der Waals surface area contributed by atoms with E-state index in [4.69, 9.17) is 0 Å². The fourth-order valence-corrected chi connectivity index (χ4v) is 1.56. The van der Waals surface area contributed by atoms with Crippen LogP contribution in [0, 0.1) is 12.7 Å². The van der Waals surface area contributed by atoms with E-state index in [9.17, 15) is 9.18 Å². The Hall–Kier alpha value is -1.58. The number of carbonyl (C=O) groups excluding carboxylic acids is 1. The Kier molecular flexibility index (Phi) is 2.11. The molecule has 4 heteroatoms. The largest absolute Gasteiger partial charge is 0.336 e. The number of carbonyl (C=O) groups is 1. The van der Waals surface area contributed by atoms with Gasteiger partial charge < -0.3 is 10.6 Å². The average molecular weight is 194 g/mol. The van der Waals surface area contributed by atoms with Crippen molar-refractivity contribution in [2.24, 2.45) is 0 Å². The molecule has 1 heterocycles. The molecule has 2 N–H and O–H groups in total. The third-order valence-corrected chi connectivity index (χ3v) is 2.30. The summed E-state index contributed by atoms with van der Waals surface area (Å²) in [6.45, 7) is 2.27. The molecule has 0 bridgehead atoms. The lowest BCUT2D eigenvalue weighted by atomic mass is 10.1. The second-order valence-corrected chi connectivity index (χ2v) is 3.43. The van der Waals surface area contributed by atoms with E-state index in [1.165, 1.54) is 6.07 Å². The van der Waals surface area contributed by atoms with Gasteiger partial charge in [-0.2, -0.15) is 0 Å². The molecule has 0 saturated carbocycles. The van der Waals surface area contributed by atoms with Gasteiger partial charge in [-0.25, -0.2) is 9.18 Å².